The molecule has 3 aromatic carbocycles. The first-order valence-corrected chi connectivity index (χ1v) is 12.3. The Bertz CT molecular complexity index is 1090. The van der Waals surface area contributed by atoms with Crippen LogP contribution >= 0.6 is 0 Å². The second kappa shape index (κ2) is 12.3. The van der Waals surface area contributed by atoms with Gasteiger partial charge in [-0.05, 0) is 49.2 Å². The van der Waals surface area contributed by atoms with E-state index < -0.39 is 0 Å². The fourth-order valence-corrected chi connectivity index (χ4v) is 4.51. The summed E-state index contributed by atoms with van der Waals surface area (Å²) in [6, 6.07) is 23.7. The molecule has 0 bridgehead atoms. The molecule has 1 fully saturated rings. The molecule has 0 spiro atoms. The second-order valence-electron chi connectivity index (χ2n) is 8.65. The maximum atomic E-state index is 13.5. The van der Waals surface area contributed by atoms with Crippen molar-refractivity contribution in [3.63, 3.8) is 0 Å². The summed E-state index contributed by atoms with van der Waals surface area (Å²) in [7, 11) is 1.55. The van der Waals surface area contributed by atoms with Crippen LogP contribution in [0.3, 0.4) is 0 Å². The van der Waals surface area contributed by atoms with Gasteiger partial charge in [0.25, 0.3) is 5.91 Å². The molecule has 35 heavy (non-hydrogen) atoms. The average Bonchev–Trinajstić information content (AvgIpc) is 3.38. The van der Waals surface area contributed by atoms with Gasteiger partial charge in [0.1, 0.15) is 24.5 Å². The van der Waals surface area contributed by atoms with Crippen LogP contribution in [0.5, 0.6) is 17.2 Å². The van der Waals surface area contributed by atoms with E-state index in [1.54, 1.807) is 19.2 Å². The molecule has 1 aliphatic rings. The number of ether oxygens (including phenoxy) is 3. The van der Waals surface area contributed by atoms with Crippen LogP contribution in [0.4, 0.5) is 0 Å². The van der Waals surface area contributed by atoms with Crippen molar-refractivity contribution in [1.29, 1.82) is 0 Å². The van der Waals surface area contributed by atoms with Gasteiger partial charge in [0, 0.05) is 12.6 Å². The zero-order valence-electron chi connectivity index (χ0n) is 20.5. The number of likely N-dealkylation sites (N-methyl/N-ethyl adjacent to an activating group) is 1. The zero-order chi connectivity index (χ0) is 24.5. The summed E-state index contributed by atoms with van der Waals surface area (Å²) in [6.07, 6.45) is 2.24. The number of hydrogen-bond donors (Lipinski definition) is 1. The third kappa shape index (κ3) is 6.34. The molecule has 1 atom stereocenters. The van der Waals surface area contributed by atoms with Gasteiger partial charge in [0.15, 0.2) is 11.5 Å². The first kappa shape index (κ1) is 24.6. The fraction of sp³-hybridized carbons (Fsp3) is 0.345. The topological polar surface area (TPSA) is 60.0 Å². The number of rotatable bonds is 11. The van der Waals surface area contributed by atoms with Gasteiger partial charge in [0.05, 0.1) is 7.11 Å². The summed E-state index contributed by atoms with van der Waals surface area (Å²) in [4.78, 5) is 15.9. The summed E-state index contributed by atoms with van der Waals surface area (Å²) < 4.78 is 17.9. The predicted molar refractivity (Wildman–Crippen MR) is 137 cm³/mol. The van der Waals surface area contributed by atoms with E-state index in [9.17, 15) is 4.79 Å². The summed E-state index contributed by atoms with van der Waals surface area (Å²) in [5.41, 5.74) is 2.41. The molecule has 0 saturated carbocycles. The molecule has 0 aliphatic carbocycles. The van der Waals surface area contributed by atoms with Crippen LogP contribution in [-0.2, 0) is 13.2 Å². The Morgan fingerprint density at radius 3 is 2.11 bits per heavy atom. The molecule has 0 aromatic heterocycles. The van der Waals surface area contributed by atoms with E-state index in [0.717, 1.165) is 37.1 Å². The van der Waals surface area contributed by atoms with Gasteiger partial charge in [-0.3, -0.25) is 9.69 Å². The van der Waals surface area contributed by atoms with E-state index in [1.807, 2.05) is 60.7 Å². The van der Waals surface area contributed by atoms with Gasteiger partial charge >= 0.3 is 0 Å². The maximum absolute atomic E-state index is 13.5. The van der Waals surface area contributed by atoms with Crippen LogP contribution in [0.1, 0.15) is 41.3 Å². The second-order valence-corrected chi connectivity index (χ2v) is 8.65. The van der Waals surface area contributed by atoms with E-state index in [0.29, 0.717) is 48.6 Å². The number of methoxy groups -OCH3 is 1. The lowest BCUT2D eigenvalue weighted by Crippen LogP contribution is -2.40. The van der Waals surface area contributed by atoms with Crippen LogP contribution in [-0.4, -0.2) is 43.6 Å². The fourth-order valence-electron chi connectivity index (χ4n) is 4.51. The molecule has 1 aliphatic heterocycles. The minimum absolute atomic E-state index is 0.224. The van der Waals surface area contributed by atoms with Crippen molar-refractivity contribution < 1.29 is 19.0 Å². The largest absolute Gasteiger partial charge is 0.492 e. The standard InChI is InChI=1S/C29H34N2O4/c1-3-31-18-10-15-24(31)19-30-29(32)27-25(34-20-22-11-6-4-7-12-22)16-17-26(28(27)33-2)35-21-23-13-8-5-9-14-23/h4-9,11-14,16-17,24H,3,10,15,18-21H2,1-2H3,(H,30,32)/t24-/m0/s1. The van der Waals surface area contributed by atoms with E-state index >= 15 is 0 Å². The van der Waals surface area contributed by atoms with Crippen LogP contribution in [0.25, 0.3) is 0 Å². The molecule has 1 heterocycles. The third-order valence-corrected chi connectivity index (χ3v) is 6.39. The van der Waals surface area contributed by atoms with E-state index in [4.69, 9.17) is 14.2 Å². The maximum Gasteiger partial charge on any atom is 0.259 e. The van der Waals surface area contributed by atoms with Crippen molar-refractivity contribution >= 4 is 5.91 Å². The number of likely N-dealkylation sites (tertiary alicyclic amines) is 1. The normalized spacial score (nSPS) is 15.5. The highest BCUT2D eigenvalue weighted by Crippen LogP contribution is 2.38. The molecule has 6 nitrogen and oxygen atoms in total. The zero-order valence-corrected chi connectivity index (χ0v) is 20.5. The summed E-state index contributed by atoms with van der Waals surface area (Å²) >= 11 is 0. The number of carbonyl (C=O) groups excluding carboxylic acids is 1. The summed E-state index contributed by atoms with van der Waals surface area (Å²) in [5, 5.41) is 3.12. The lowest BCUT2D eigenvalue weighted by atomic mass is 10.1. The van der Waals surface area contributed by atoms with E-state index in [2.05, 4.69) is 17.1 Å². The smallest absolute Gasteiger partial charge is 0.259 e. The highest BCUT2D eigenvalue weighted by Gasteiger charge is 2.27. The Kier molecular flexibility index (Phi) is 8.63. The van der Waals surface area contributed by atoms with Crippen LogP contribution in [0.2, 0.25) is 0 Å². The number of hydrogen-bond acceptors (Lipinski definition) is 5. The highest BCUT2D eigenvalue weighted by atomic mass is 16.5. The first-order valence-electron chi connectivity index (χ1n) is 12.3. The molecule has 4 rings (SSSR count). The van der Waals surface area contributed by atoms with Gasteiger partial charge < -0.3 is 19.5 Å². The molecule has 0 radical (unpaired) electrons. The Balaban J connectivity index is 1.57. The molecule has 184 valence electrons. The Labute approximate surface area is 207 Å². The molecule has 1 amide bonds. The van der Waals surface area contributed by atoms with Crippen molar-refractivity contribution in [2.75, 3.05) is 26.7 Å². The SMILES string of the molecule is CCN1CCC[C@H]1CNC(=O)c1c(OCc2ccccc2)ccc(OCc2ccccc2)c1OC. The van der Waals surface area contributed by atoms with Crippen LogP contribution in [0.15, 0.2) is 72.8 Å². The summed E-state index contributed by atoms with van der Waals surface area (Å²) in [5.74, 6) is 1.12. The average molecular weight is 475 g/mol. The predicted octanol–water partition coefficient (Wildman–Crippen LogP) is 5.07. The lowest BCUT2D eigenvalue weighted by Gasteiger charge is -2.23. The number of carbonyl (C=O) groups is 1. The monoisotopic (exact) mass is 474 g/mol. The number of amides is 1. The summed E-state index contributed by atoms with van der Waals surface area (Å²) in [6.45, 7) is 5.53. The lowest BCUT2D eigenvalue weighted by molar-refractivity contribution is 0.0932. The van der Waals surface area contributed by atoms with Crippen molar-refractivity contribution in [2.45, 2.75) is 39.0 Å². The Morgan fingerprint density at radius 1 is 0.914 bits per heavy atom. The van der Waals surface area contributed by atoms with Crippen LogP contribution < -0.4 is 19.5 Å². The quantitative estimate of drug-likeness (QED) is 0.421. The molecule has 1 saturated heterocycles. The minimum Gasteiger partial charge on any atom is -0.492 e. The Morgan fingerprint density at radius 2 is 1.51 bits per heavy atom. The van der Waals surface area contributed by atoms with Crippen molar-refractivity contribution in [3.8, 4) is 17.2 Å². The van der Waals surface area contributed by atoms with Crippen molar-refractivity contribution in [1.82, 2.24) is 10.2 Å². The van der Waals surface area contributed by atoms with Crippen LogP contribution in [0, 0.1) is 0 Å². The van der Waals surface area contributed by atoms with Gasteiger partial charge in [-0.25, -0.2) is 0 Å². The van der Waals surface area contributed by atoms with E-state index in [-0.39, 0.29) is 5.91 Å². The van der Waals surface area contributed by atoms with Gasteiger partial charge in [-0.15, -0.1) is 0 Å². The van der Waals surface area contributed by atoms with Gasteiger partial charge in [0.2, 0.25) is 0 Å². The first-order chi connectivity index (χ1) is 17.2. The molecule has 6 heteroatoms. The van der Waals surface area contributed by atoms with E-state index in [1.165, 1.54) is 0 Å². The Hall–Kier alpha value is -3.51. The molecule has 3 aromatic rings. The molecule has 0 unspecified atom stereocenters. The van der Waals surface area contributed by atoms with Crippen molar-refractivity contribution in [2.24, 2.45) is 0 Å². The highest BCUT2D eigenvalue weighted by molar-refractivity contribution is 6.00. The van der Waals surface area contributed by atoms with Gasteiger partial charge in [-0.1, -0.05) is 67.6 Å². The molecule has 1 N–H and O–H groups in total. The number of nitrogens with zero attached hydrogens (tertiary/aromatic N) is 1. The number of nitrogens with one attached hydrogen (secondary N) is 1. The minimum atomic E-state index is -0.224. The number of benzene rings is 3. The molecular weight excluding hydrogens is 440 g/mol. The van der Waals surface area contributed by atoms with Crippen molar-refractivity contribution in [3.05, 3.63) is 89.5 Å². The van der Waals surface area contributed by atoms with Gasteiger partial charge in [-0.2, -0.15) is 0 Å². The molecular formula is C29H34N2O4. The third-order valence-electron chi connectivity index (χ3n) is 6.39.